The molecule has 0 radical (unpaired) electrons. The Morgan fingerprint density at radius 2 is 1.75 bits per heavy atom. The Morgan fingerprint density at radius 3 is 2.48 bits per heavy atom. The monoisotopic (exact) mass is 541 g/mol. The molecule has 4 aromatic rings. The van der Waals surface area contributed by atoms with Crippen molar-refractivity contribution in [2.24, 2.45) is 0 Å². The van der Waals surface area contributed by atoms with Crippen LogP contribution in [0.5, 0.6) is 5.75 Å². The number of nitrogens with one attached hydrogen (secondary N) is 1. The van der Waals surface area contributed by atoms with Crippen molar-refractivity contribution in [1.29, 1.82) is 0 Å². The second-order valence-corrected chi connectivity index (χ2v) is 9.71. The zero-order chi connectivity index (χ0) is 28.1. The van der Waals surface area contributed by atoms with E-state index < -0.39 is 12.0 Å². The van der Waals surface area contributed by atoms with Gasteiger partial charge in [-0.1, -0.05) is 42.3 Å². The van der Waals surface area contributed by atoms with Crippen LogP contribution in [0, 0.1) is 0 Å². The van der Waals surface area contributed by atoms with Crippen LogP contribution >= 0.6 is 0 Å². The molecular weight excluding hydrogens is 510 g/mol. The van der Waals surface area contributed by atoms with Gasteiger partial charge in [-0.15, -0.1) is 5.10 Å². The van der Waals surface area contributed by atoms with Crippen LogP contribution in [0.15, 0.2) is 72.8 Å². The fourth-order valence-electron chi connectivity index (χ4n) is 5.13. The molecule has 1 aliphatic carbocycles. The van der Waals surface area contributed by atoms with E-state index in [4.69, 9.17) is 9.47 Å². The Kier molecular flexibility index (Phi) is 8.04. The predicted octanol–water partition coefficient (Wildman–Crippen LogP) is 4.06. The number of hydrogen-bond donors (Lipinski definition) is 1. The molecule has 206 valence electrons. The molecule has 10 nitrogen and oxygen atoms in total. The Labute approximate surface area is 231 Å². The fraction of sp³-hybridized carbons (Fsp3) is 0.300. The molecule has 1 unspecified atom stereocenters. The van der Waals surface area contributed by atoms with Gasteiger partial charge in [-0.05, 0) is 66.9 Å². The molecule has 5 rings (SSSR count). The Hall–Kier alpha value is -4.73. The maximum Gasteiger partial charge on any atom is 0.337 e. The zero-order valence-electron chi connectivity index (χ0n) is 22.4. The van der Waals surface area contributed by atoms with E-state index in [0.717, 1.165) is 25.7 Å². The van der Waals surface area contributed by atoms with Crippen LogP contribution in [-0.2, 0) is 20.9 Å². The SMILES string of the molecule is COC(=O)c1ccc(N(C(=O)Cn2nnc3ccccc32)C(C(=O)NC2CCCC2)c2cccc(OC)c2)cc1. The summed E-state index contributed by atoms with van der Waals surface area (Å²) in [5.41, 5.74) is 2.71. The third-order valence-corrected chi connectivity index (χ3v) is 7.16. The number of fused-ring (bicyclic) bond motifs is 1. The second-order valence-electron chi connectivity index (χ2n) is 9.71. The summed E-state index contributed by atoms with van der Waals surface area (Å²) in [5.74, 6) is -0.612. The van der Waals surface area contributed by atoms with Gasteiger partial charge in [0, 0.05) is 11.7 Å². The highest BCUT2D eigenvalue weighted by molar-refractivity contribution is 6.02. The van der Waals surface area contributed by atoms with Gasteiger partial charge < -0.3 is 14.8 Å². The van der Waals surface area contributed by atoms with E-state index in [1.807, 2.05) is 24.3 Å². The maximum atomic E-state index is 14.2. The van der Waals surface area contributed by atoms with Crippen LogP contribution in [0.3, 0.4) is 0 Å². The third kappa shape index (κ3) is 5.66. The van der Waals surface area contributed by atoms with Crippen molar-refractivity contribution in [2.75, 3.05) is 19.1 Å². The first-order valence-corrected chi connectivity index (χ1v) is 13.2. The first-order chi connectivity index (χ1) is 19.5. The molecule has 1 heterocycles. The number of carbonyl (C=O) groups is 3. The van der Waals surface area contributed by atoms with E-state index in [1.54, 1.807) is 55.6 Å². The molecule has 3 aromatic carbocycles. The largest absolute Gasteiger partial charge is 0.497 e. The highest BCUT2D eigenvalue weighted by Gasteiger charge is 2.35. The van der Waals surface area contributed by atoms with Crippen LogP contribution in [0.4, 0.5) is 5.69 Å². The number of carbonyl (C=O) groups excluding carboxylic acids is 3. The van der Waals surface area contributed by atoms with Crippen LogP contribution in [0.2, 0.25) is 0 Å². The molecule has 1 aromatic heterocycles. The number of aromatic nitrogens is 3. The smallest absolute Gasteiger partial charge is 0.337 e. The minimum Gasteiger partial charge on any atom is -0.497 e. The van der Waals surface area contributed by atoms with Gasteiger partial charge in [0.25, 0.3) is 0 Å². The van der Waals surface area contributed by atoms with Gasteiger partial charge in [0.1, 0.15) is 23.9 Å². The van der Waals surface area contributed by atoms with E-state index in [-0.39, 0.29) is 24.4 Å². The summed E-state index contributed by atoms with van der Waals surface area (Å²) in [6.45, 7) is -0.156. The molecular formula is C30H31N5O5. The zero-order valence-corrected chi connectivity index (χ0v) is 22.4. The summed E-state index contributed by atoms with van der Waals surface area (Å²) in [6, 6.07) is 19.9. The molecule has 1 fully saturated rings. The predicted molar refractivity (Wildman–Crippen MR) is 149 cm³/mol. The van der Waals surface area contributed by atoms with Crippen molar-refractivity contribution in [3.05, 3.63) is 83.9 Å². The van der Waals surface area contributed by atoms with Crippen LogP contribution in [0.25, 0.3) is 11.0 Å². The topological polar surface area (TPSA) is 116 Å². The van der Waals surface area contributed by atoms with Crippen LogP contribution in [-0.4, -0.2) is 53.0 Å². The van der Waals surface area contributed by atoms with Crippen LogP contribution in [0.1, 0.15) is 47.6 Å². The Bertz CT molecular complexity index is 1510. The van der Waals surface area contributed by atoms with Gasteiger partial charge in [-0.2, -0.15) is 0 Å². The number of hydrogen-bond acceptors (Lipinski definition) is 7. The molecule has 1 saturated carbocycles. The van der Waals surface area contributed by atoms with E-state index in [9.17, 15) is 14.4 Å². The van der Waals surface area contributed by atoms with E-state index in [0.29, 0.717) is 33.6 Å². The number of rotatable bonds is 9. The molecule has 1 N–H and O–H groups in total. The van der Waals surface area contributed by atoms with Crippen molar-refractivity contribution in [2.45, 2.75) is 44.3 Å². The number of ether oxygens (including phenoxy) is 2. The number of methoxy groups -OCH3 is 2. The lowest BCUT2D eigenvalue weighted by molar-refractivity contribution is -0.127. The first-order valence-electron chi connectivity index (χ1n) is 13.2. The fourth-order valence-corrected chi connectivity index (χ4v) is 5.13. The van der Waals surface area contributed by atoms with Gasteiger partial charge in [0.05, 0.1) is 25.3 Å². The Morgan fingerprint density at radius 1 is 1.00 bits per heavy atom. The summed E-state index contributed by atoms with van der Waals surface area (Å²) in [4.78, 5) is 41.7. The highest BCUT2D eigenvalue weighted by atomic mass is 16.5. The van der Waals surface area contributed by atoms with Crippen molar-refractivity contribution >= 4 is 34.5 Å². The summed E-state index contributed by atoms with van der Waals surface area (Å²) in [5, 5.41) is 11.5. The van der Waals surface area contributed by atoms with Crippen LogP contribution < -0.4 is 15.0 Å². The third-order valence-electron chi connectivity index (χ3n) is 7.16. The van der Waals surface area contributed by atoms with E-state index in [2.05, 4.69) is 15.6 Å². The summed E-state index contributed by atoms with van der Waals surface area (Å²) < 4.78 is 11.8. The van der Waals surface area contributed by atoms with E-state index >= 15 is 0 Å². The lowest BCUT2D eigenvalue weighted by atomic mass is 10.0. The number of nitrogens with zero attached hydrogens (tertiary/aromatic N) is 4. The summed E-state index contributed by atoms with van der Waals surface area (Å²) in [6.07, 6.45) is 3.88. The molecule has 2 amide bonds. The Balaban J connectivity index is 1.59. The van der Waals surface area contributed by atoms with Gasteiger partial charge in [-0.25, -0.2) is 9.48 Å². The van der Waals surface area contributed by atoms with Crippen molar-refractivity contribution in [3.63, 3.8) is 0 Å². The lowest BCUT2D eigenvalue weighted by Crippen LogP contribution is -2.47. The summed E-state index contributed by atoms with van der Waals surface area (Å²) >= 11 is 0. The number of benzene rings is 3. The first kappa shape index (κ1) is 26.9. The number of para-hydroxylation sites is 1. The van der Waals surface area contributed by atoms with Gasteiger partial charge in [-0.3, -0.25) is 14.5 Å². The molecule has 0 saturated heterocycles. The van der Waals surface area contributed by atoms with Gasteiger partial charge in [0.2, 0.25) is 11.8 Å². The molecule has 1 atom stereocenters. The van der Waals surface area contributed by atoms with Gasteiger partial charge in [0.15, 0.2) is 0 Å². The molecule has 10 heteroatoms. The van der Waals surface area contributed by atoms with Crippen molar-refractivity contribution in [1.82, 2.24) is 20.3 Å². The standard InChI is InChI=1S/C30H31N5O5/c1-39-24-11-7-8-21(18-24)28(29(37)31-22-9-3-4-10-22)35(23-16-14-20(15-17-23)30(38)40-2)27(36)19-34-26-13-6-5-12-25(26)32-33-34/h5-8,11-18,22,28H,3-4,9-10,19H2,1-2H3,(H,31,37). The number of esters is 1. The molecule has 1 aliphatic rings. The van der Waals surface area contributed by atoms with E-state index in [1.165, 1.54) is 16.7 Å². The average molecular weight is 542 g/mol. The quantitative estimate of drug-likeness (QED) is 0.318. The van der Waals surface area contributed by atoms with Crippen molar-refractivity contribution < 1.29 is 23.9 Å². The lowest BCUT2D eigenvalue weighted by Gasteiger charge is -2.32. The maximum absolute atomic E-state index is 14.2. The van der Waals surface area contributed by atoms with Crippen molar-refractivity contribution in [3.8, 4) is 5.75 Å². The number of amides is 2. The van der Waals surface area contributed by atoms with Gasteiger partial charge >= 0.3 is 5.97 Å². The second kappa shape index (κ2) is 12.0. The normalized spacial score (nSPS) is 14.1. The molecule has 0 bridgehead atoms. The number of anilines is 1. The highest BCUT2D eigenvalue weighted by Crippen LogP contribution is 2.32. The average Bonchev–Trinajstić information content (AvgIpc) is 3.65. The molecule has 40 heavy (non-hydrogen) atoms. The minimum absolute atomic E-state index is 0.0403. The summed E-state index contributed by atoms with van der Waals surface area (Å²) in [7, 11) is 2.86. The minimum atomic E-state index is -1.01. The molecule has 0 spiro atoms. The molecule has 0 aliphatic heterocycles.